The van der Waals surface area contributed by atoms with Gasteiger partial charge in [-0.15, -0.1) is 0 Å². The number of para-hydroxylation sites is 2. The second kappa shape index (κ2) is 19.0. The largest absolute Gasteiger partial charge is 0.417 e. The van der Waals surface area contributed by atoms with Crippen molar-refractivity contribution < 1.29 is 79.0 Å². The van der Waals surface area contributed by atoms with Crippen molar-refractivity contribution >= 4 is 43.6 Å². The van der Waals surface area contributed by atoms with Crippen molar-refractivity contribution in [3.05, 3.63) is 215 Å². The Hall–Kier alpha value is -9.19. The molecule has 2 aromatic heterocycles. The molecule has 0 bridgehead atoms. The second-order valence-corrected chi connectivity index (χ2v) is 19.1. The Morgan fingerprint density at radius 2 is 0.671 bits per heavy atom. The molecule has 2 heterocycles. The second-order valence-electron chi connectivity index (χ2n) is 19.1. The fourth-order valence-corrected chi connectivity index (χ4v) is 10.5. The van der Waals surface area contributed by atoms with E-state index in [-0.39, 0.29) is 84.8 Å². The molecule has 0 aliphatic rings. The van der Waals surface area contributed by atoms with Crippen LogP contribution in [0, 0.1) is 11.3 Å². The van der Waals surface area contributed by atoms with Crippen LogP contribution in [-0.4, -0.2) is 9.13 Å². The maximum atomic E-state index is 14.6. The molecule has 0 unspecified atom stereocenters. The van der Waals surface area contributed by atoms with Crippen LogP contribution in [0.4, 0.5) is 79.0 Å². The summed E-state index contributed by atoms with van der Waals surface area (Å²) in [6.45, 7) is 0. The zero-order valence-electron chi connectivity index (χ0n) is 40.9. The van der Waals surface area contributed by atoms with E-state index in [9.17, 15) is 84.3 Å². The van der Waals surface area contributed by atoms with Gasteiger partial charge in [0.2, 0.25) is 0 Å². The summed E-state index contributed by atoms with van der Waals surface area (Å²) in [5, 5.41) is 11.7. The van der Waals surface area contributed by atoms with Gasteiger partial charge in [-0.25, -0.2) is 0 Å². The van der Waals surface area contributed by atoms with E-state index < -0.39 is 87.1 Å². The molecule has 11 aromatic rings. The SMILES string of the molecule is N#Cc1ccc(-n2c3ccccc3c3cc(-c4ccc(C(F)(F)F)cc4C(F)(F)F)ccc32)c(-c2cc(-c3cc(C(F)(F)F)cc(C(F)(F)F)c3)ccc2-n2c3ccccc3c3cc(-c4ccc(C(F)(F)F)cc4C(F)(F)F)ccc32)c1. The number of nitrogens with zero attached hydrogens (tertiary/aromatic N) is 3. The number of benzene rings is 9. The highest BCUT2D eigenvalue weighted by atomic mass is 19.4. The molecule has 0 aliphatic heterocycles. The molecule has 0 saturated carbocycles. The number of rotatable bonds is 6. The van der Waals surface area contributed by atoms with Gasteiger partial charge in [0.1, 0.15) is 0 Å². The average Bonchev–Trinajstić information content (AvgIpc) is 2.89. The Kier molecular flexibility index (Phi) is 12.7. The minimum Gasteiger partial charge on any atom is -0.309 e. The van der Waals surface area contributed by atoms with Gasteiger partial charge in [0.05, 0.1) is 78.5 Å². The third-order valence-electron chi connectivity index (χ3n) is 14.1. The lowest BCUT2D eigenvalue weighted by Gasteiger charge is -2.21. The Balaban J connectivity index is 1.21. The average molecular weight is 1150 g/mol. The van der Waals surface area contributed by atoms with Crippen molar-refractivity contribution in [3.8, 4) is 62.0 Å². The van der Waals surface area contributed by atoms with E-state index in [1.165, 1.54) is 72.8 Å². The molecule has 82 heavy (non-hydrogen) atoms. The third kappa shape index (κ3) is 9.68. The van der Waals surface area contributed by atoms with Gasteiger partial charge in [0.15, 0.2) is 0 Å². The van der Waals surface area contributed by atoms with Gasteiger partial charge < -0.3 is 9.13 Å². The minimum atomic E-state index is -5.28. The number of hydrogen-bond acceptors (Lipinski definition) is 1. The third-order valence-corrected chi connectivity index (χ3v) is 14.1. The molecule has 9 aromatic carbocycles. The first-order valence-corrected chi connectivity index (χ1v) is 24.0. The molecule has 0 aliphatic carbocycles. The van der Waals surface area contributed by atoms with Crippen LogP contribution in [0.1, 0.15) is 38.9 Å². The van der Waals surface area contributed by atoms with Crippen LogP contribution in [0.25, 0.3) is 99.5 Å². The molecule has 0 spiro atoms. The van der Waals surface area contributed by atoms with Gasteiger partial charge >= 0.3 is 37.1 Å². The normalized spacial score (nSPS) is 13.0. The van der Waals surface area contributed by atoms with E-state index in [1.807, 2.05) is 6.07 Å². The summed E-state index contributed by atoms with van der Waals surface area (Å²) < 4.78 is 260. The van der Waals surface area contributed by atoms with Crippen molar-refractivity contribution in [2.75, 3.05) is 0 Å². The van der Waals surface area contributed by atoms with Crippen LogP contribution in [0.3, 0.4) is 0 Å². The summed E-state index contributed by atoms with van der Waals surface area (Å²) in [5.74, 6) is 0. The number of halogens is 18. The smallest absolute Gasteiger partial charge is 0.309 e. The molecule has 414 valence electrons. The first-order valence-electron chi connectivity index (χ1n) is 24.0. The first-order chi connectivity index (χ1) is 38.4. The monoisotopic (exact) mass is 1150 g/mol. The van der Waals surface area contributed by atoms with Gasteiger partial charge in [0, 0.05) is 32.7 Å². The van der Waals surface area contributed by atoms with Gasteiger partial charge in [0.25, 0.3) is 0 Å². The van der Waals surface area contributed by atoms with Crippen molar-refractivity contribution in [2.24, 2.45) is 0 Å². The predicted molar refractivity (Wildman–Crippen MR) is 272 cm³/mol. The summed E-state index contributed by atoms with van der Waals surface area (Å²) in [4.78, 5) is 0. The van der Waals surface area contributed by atoms with Crippen LogP contribution in [-0.2, 0) is 37.1 Å². The van der Waals surface area contributed by atoms with Crippen molar-refractivity contribution in [1.82, 2.24) is 9.13 Å². The van der Waals surface area contributed by atoms with Crippen molar-refractivity contribution in [3.63, 3.8) is 0 Å². The highest BCUT2D eigenvalue weighted by Crippen LogP contribution is 2.48. The predicted octanol–water partition coefficient (Wildman–Crippen LogP) is 20.5. The molecule has 0 N–H and O–H groups in total. The fourth-order valence-electron chi connectivity index (χ4n) is 10.5. The molecule has 3 nitrogen and oxygen atoms in total. The maximum Gasteiger partial charge on any atom is 0.417 e. The van der Waals surface area contributed by atoms with Crippen molar-refractivity contribution in [2.45, 2.75) is 37.1 Å². The van der Waals surface area contributed by atoms with E-state index in [0.717, 1.165) is 0 Å². The van der Waals surface area contributed by atoms with E-state index in [0.29, 0.717) is 58.2 Å². The zero-order valence-corrected chi connectivity index (χ0v) is 40.9. The topological polar surface area (TPSA) is 33.6 Å². The molecule has 21 heteroatoms. The van der Waals surface area contributed by atoms with Crippen LogP contribution in [0.5, 0.6) is 0 Å². The molecule has 0 radical (unpaired) electrons. The number of hydrogen-bond donors (Lipinski definition) is 0. The van der Waals surface area contributed by atoms with Crippen molar-refractivity contribution in [1.29, 1.82) is 5.26 Å². The quantitative estimate of drug-likeness (QED) is 0.153. The summed E-state index contributed by atoms with van der Waals surface area (Å²) in [5.41, 5.74) is -10.5. The fraction of sp³-hybridized carbons (Fsp3) is 0.0984. The molecular weight excluding hydrogens is 1120 g/mol. The summed E-state index contributed by atoms with van der Waals surface area (Å²) in [6.07, 6.45) is -31.4. The lowest BCUT2D eigenvalue weighted by Crippen LogP contribution is -2.12. The van der Waals surface area contributed by atoms with E-state index in [4.69, 9.17) is 0 Å². The van der Waals surface area contributed by atoms with E-state index in [2.05, 4.69) is 0 Å². The molecular formula is C61H29F18N3. The van der Waals surface area contributed by atoms with Gasteiger partial charge in [-0.1, -0.05) is 66.7 Å². The highest BCUT2D eigenvalue weighted by molar-refractivity contribution is 6.13. The van der Waals surface area contributed by atoms with Crippen LogP contribution in [0.2, 0.25) is 0 Å². The standard InChI is InChI=1S/C61H29F18N3/c62-56(63,64)36-13-15-40(48(28-36)60(74,75)76)33-11-19-53-45(25-33)42-5-1-3-7-50(42)81(53)52-17-9-31(30-80)21-44(52)47-24-32(35-22-38(58(68,69)70)27-39(23-35)59(71,72)73)10-18-55(47)82-51-8-4-2-6-43(51)46-26-34(12-20-54(46)82)41-16-14-37(57(65,66)67)29-49(41)61(77,78)79/h1-29H. The van der Waals surface area contributed by atoms with E-state index in [1.54, 1.807) is 57.7 Å². The number of aromatic nitrogens is 2. The Morgan fingerprint density at radius 3 is 1.09 bits per heavy atom. The summed E-state index contributed by atoms with van der Waals surface area (Å²) >= 11 is 0. The van der Waals surface area contributed by atoms with Gasteiger partial charge in [-0.2, -0.15) is 84.3 Å². The highest BCUT2D eigenvalue weighted by Gasteiger charge is 2.41. The molecule has 0 fully saturated rings. The zero-order chi connectivity index (χ0) is 58.8. The number of nitriles is 1. The first kappa shape index (κ1) is 54.8. The molecule has 0 atom stereocenters. The molecule has 11 rings (SSSR count). The molecule has 0 amide bonds. The van der Waals surface area contributed by atoms with Crippen LogP contribution in [0.15, 0.2) is 176 Å². The summed E-state index contributed by atoms with van der Waals surface area (Å²) in [7, 11) is 0. The number of alkyl halides is 18. The number of fused-ring (bicyclic) bond motifs is 6. The van der Waals surface area contributed by atoms with E-state index >= 15 is 0 Å². The lowest BCUT2D eigenvalue weighted by molar-refractivity contribution is -0.144. The lowest BCUT2D eigenvalue weighted by atomic mass is 9.93. The molecule has 0 saturated heterocycles. The van der Waals surface area contributed by atoms with Crippen LogP contribution >= 0.6 is 0 Å². The minimum absolute atomic E-state index is 0.0000930. The Morgan fingerprint density at radius 1 is 0.280 bits per heavy atom. The van der Waals surface area contributed by atoms with Crippen LogP contribution < -0.4 is 0 Å². The summed E-state index contributed by atoms with van der Waals surface area (Å²) in [6, 6.07) is 34.1. The Bertz CT molecular complexity index is 4410. The van der Waals surface area contributed by atoms with Gasteiger partial charge in [-0.05, 0) is 143 Å². The Labute approximate surface area is 449 Å². The van der Waals surface area contributed by atoms with Gasteiger partial charge in [-0.3, -0.25) is 0 Å². The maximum absolute atomic E-state index is 14.6.